The van der Waals surface area contributed by atoms with Crippen LogP contribution >= 0.6 is 23.4 Å². The summed E-state index contributed by atoms with van der Waals surface area (Å²) in [6, 6.07) is 6.18. The Labute approximate surface area is 230 Å². The normalized spacial score (nSPS) is 20.8. The van der Waals surface area contributed by atoms with Gasteiger partial charge in [-0.3, -0.25) is 0 Å². The molecular weight excluding hydrogens is 527 g/mol. The number of rotatable bonds is 5. The van der Waals surface area contributed by atoms with Gasteiger partial charge in [-0.05, 0) is 26.0 Å². The minimum Gasteiger partial charge on any atom is -0.485 e. The first-order valence-corrected chi connectivity index (χ1v) is 13.9. The largest absolute Gasteiger partial charge is 0.485 e. The number of pyridine rings is 1. The molecule has 0 amide bonds. The monoisotopic (exact) mass is 556 g/mol. The molecule has 3 aromatic rings. The summed E-state index contributed by atoms with van der Waals surface area (Å²) in [5, 5.41) is 11.5. The Bertz CT molecular complexity index is 1340. The molecule has 0 bridgehead atoms. The van der Waals surface area contributed by atoms with Crippen molar-refractivity contribution in [2.75, 3.05) is 36.0 Å². The number of piperidine rings is 1. The van der Waals surface area contributed by atoms with Crippen LogP contribution in [-0.4, -0.2) is 57.4 Å². The van der Waals surface area contributed by atoms with Gasteiger partial charge in [-0.2, -0.15) is 0 Å². The van der Waals surface area contributed by atoms with Gasteiger partial charge in [0.15, 0.2) is 0 Å². The summed E-state index contributed by atoms with van der Waals surface area (Å²) in [6.45, 7) is 6.53. The van der Waals surface area contributed by atoms with Crippen LogP contribution in [0, 0.1) is 11.7 Å². The van der Waals surface area contributed by atoms with Crippen LogP contribution in [0.3, 0.4) is 0 Å². The van der Waals surface area contributed by atoms with Crippen LogP contribution in [0.15, 0.2) is 52.8 Å². The summed E-state index contributed by atoms with van der Waals surface area (Å²) in [5.41, 5.74) is 6.16. The molecule has 0 radical (unpaired) electrons. The number of benzene rings is 1. The van der Waals surface area contributed by atoms with Gasteiger partial charge in [-0.25, -0.2) is 19.3 Å². The van der Waals surface area contributed by atoms with E-state index < -0.39 is 11.2 Å². The highest BCUT2D eigenvalue weighted by Gasteiger charge is 2.48. The van der Waals surface area contributed by atoms with E-state index in [9.17, 15) is 9.50 Å². The van der Waals surface area contributed by atoms with Crippen LogP contribution in [0.5, 0.6) is 5.75 Å². The topological polar surface area (TPSA) is 101 Å². The summed E-state index contributed by atoms with van der Waals surface area (Å²) in [6.07, 6.45) is 6.70. The lowest BCUT2D eigenvalue weighted by Crippen LogP contribution is -2.56. The summed E-state index contributed by atoms with van der Waals surface area (Å²) >= 11 is 8.15. The molecule has 1 atom stereocenters. The Morgan fingerprint density at radius 1 is 1.13 bits per heavy atom. The molecule has 200 valence electrons. The Kier molecular flexibility index (Phi) is 6.41. The fourth-order valence-electron chi connectivity index (χ4n) is 5.40. The smallest absolute Gasteiger partial charge is 0.148 e. The summed E-state index contributed by atoms with van der Waals surface area (Å²) in [7, 11) is 0. The summed E-state index contributed by atoms with van der Waals surface area (Å²) < 4.78 is 19.9. The molecule has 1 spiro atoms. The van der Waals surface area contributed by atoms with Crippen molar-refractivity contribution in [3.63, 3.8) is 0 Å². The molecule has 3 N–H and O–H groups in total. The van der Waals surface area contributed by atoms with Crippen LogP contribution in [0.25, 0.3) is 0 Å². The average molecular weight is 557 g/mol. The summed E-state index contributed by atoms with van der Waals surface area (Å²) in [5.74, 6) is 1.94. The van der Waals surface area contributed by atoms with E-state index >= 15 is 0 Å². The third-order valence-electron chi connectivity index (χ3n) is 7.97. The molecule has 11 heteroatoms. The van der Waals surface area contributed by atoms with Crippen molar-refractivity contribution in [1.82, 2.24) is 15.0 Å². The van der Waals surface area contributed by atoms with Gasteiger partial charge in [0.1, 0.15) is 33.8 Å². The van der Waals surface area contributed by atoms with Crippen molar-refractivity contribution in [2.24, 2.45) is 11.7 Å². The third-order valence-corrected chi connectivity index (χ3v) is 9.43. The molecule has 1 aromatic carbocycles. The molecule has 3 aliphatic heterocycles. The lowest BCUT2D eigenvalue weighted by molar-refractivity contribution is 0.00437. The first-order chi connectivity index (χ1) is 18.1. The van der Waals surface area contributed by atoms with Crippen LogP contribution < -0.4 is 20.3 Å². The van der Waals surface area contributed by atoms with E-state index in [0.29, 0.717) is 36.7 Å². The van der Waals surface area contributed by atoms with E-state index in [0.717, 1.165) is 40.2 Å². The zero-order valence-corrected chi connectivity index (χ0v) is 22.8. The molecule has 38 heavy (non-hydrogen) atoms. The third kappa shape index (κ3) is 4.57. The van der Waals surface area contributed by atoms with E-state index in [1.165, 1.54) is 23.9 Å². The lowest BCUT2D eigenvalue weighted by Gasteiger charge is -2.46. The molecule has 2 aromatic heterocycles. The van der Waals surface area contributed by atoms with Crippen molar-refractivity contribution >= 4 is 35.0 Å². The van der Waals surface area contributed by atoms with Gasteiger partial charge in [0, 0.05) is 67.7 Å². The zero-order chi connectivity index (χ0) is 26.7. The van der Waals surface area contributed by atoms with Gasteiger partial charge in [0.05, 0.1) is 29.1 Å². The van der Waals surface area contributed by atoms with Crippen molar-refractivity contribution in [2.45, 2.75) is 53.9 Å². The summed E-state index contributed by atoms with van der Waals surface area (Å²) in [4.78, 5) is 18.9. The fraction of sp³-hybridized carbons (Fsp3) is 0.444. The van der Waals surface area contributed by atoms with Gasteiger partial charge in [0.25, 0.3) is 0 Å². The highest BCUT2D eigenvalue weighted by molar-refractivity contribution is 7.99. The van der Waals surface area contributed by atoms with Crippen molar-refractivity contribution in [1.29, 1.82) is 0 Å². The Morgan fingerprint density at radius 2 is 1.89 bits per heavy atom. The van der Waals surface area contributed by atoms with Gasteiger partial charge in [-0.1, -0.05) is 29.4 Å². The lowest BCUT2D eigenvalue weighted by atomic mass is 9.83. The van der Waals surface area contributed by atoms with Crippen LogP contribution in [0.2, 0.25) is 5.02 Å². The number of fused-ring (bicyclic) bond motifs is 1. The van der Waals surface area contributed by atoms with E-state index in [-0.39, 0.29) is 17.8 Å². The molecule has 3 aliphatic rings. The predicted octanol–water partition coefficient (Wildman–Crippen LogP) is 4.45. The van der Waals surface area contributed by atoms with Gasteiger partial charge in [-0.15, -0.1) is 0 Å². The fourth-order valence-corrected chi connectivity index (χ4v) is 6.49. The highest BCUT2D eigenvalue weighted by Crippen LogP contribution is 2.47. The maximum atomic E-state index is 13.7. The number of ether oxygens (including phenoxy) is 1. The van der Waals surface area contributed by atoms with Crippen LogP contribution in [0.4, 0.5) is 16.0 Å². The number of halogens is 2. The van der Waals surface area contributed by atoms with E-state index in [4.69, 9.17) is 22.1 Å². The molecule has 8 nitrogen and oxygen atoms in total. The molecule has 6 rings (SSSR count). The molecule has 2 saturated heterocycles. The molecular formula is C27H30ClFN6O2S. The molecule has 0 unspecified atom stereocenters. The first-order valence-electron chi connectivity index (χ1n) is 12.7. The second-order valence-corrected chi connectivity index (χ2v) is 12.3. The minimum absolute atomic E-state index is 0.189. The quantitative estimate of drug-likeness (QED) is 0.472. The molecule has 2 fully saturated rings. The van der Waals surface area contributed by atoms with E-state index in [1.807, 2.05) is 19.9 Å². The maximum absolute atomic E-state index is 13.7. The SMILES string of the molecule is CC(C)(O)C1CN(c2nccc(Sc3cnc(N4CCC5(CC4)Oc4cc(F)ccc4[C@H]5N)cn3)c2Cl)C1. The van der Waals surface area contributed by atoms with Gasteiger partial charge < -0.3 is 25.4 Å². The average Bonchev–Trinajstić information content (AvgIpc) is 3.10. The van der Waals surface area contributed by atoms with E-state index in [2.05, 4.69) is 24.8 Å². The zero-order valence-electron chi connectivity index (χ0n) is 21.3. The second kappa shape index (κ2) is 9.51. The van der Waals surface area contributed by atoms with Gasteiger partial charge in [0.2, 0.25) is 0 Å². The standard InChI is InChI=1S/C27H30ClFN6O2S/c1-26(2,36)16-14-35(15-16)25-23(28)20(5-8-31-25)38-22-13-32-21(12-33-22)34-9-6-27(7-10-34)24(30)18-4-3-17(29)11-19(18)37-27/h3-5,8,11-13,16,24,36H,6-7,9-10,14-15,30H2,1-2H3/t24-/m1/s1. The Hall–Kier alpha value is -2.66. The Balaban J connectivity index is 1.09. The highest BCUT2D eigenvalue weighted by atomic mass is 35.5. The number of hydrogen-bond acceptors (Lipinski definition) is 9. The van der Waals surface area contributed by atoms with Crippen LogP contribution in [0.1, 0.15) is 38.3 Å². The number of nitrogens with two attached hydrogens (primary N) is 1. The van der Waals surface area contributed by atoms with Crippen molar-refractivity contribution in [3.05, 3.63) is 59.3 Å². The molecule has 5 heterocycles. The minimum atomic E-state index is -0.720. The number of aliphatic hydroxyl groups is 1. The number of nitrogens with zero attached hydrogens (tertiary/aromatic N) is 5. The van der Waals surface area contributed by atoms with Gasteiger partial charge >= 0.3 is 0 Å². The number of hydrogen-bond donors (Lipinski definition) is 2. The predicted molar refractivity (Wildman–Crippen MR) is 146 cm³/mol. The number of aromatic nitrogens is 3. The van der Waals surface area contributed by atoms with E-state index in [1.54, 1.807) is 24.7 Å². The number of anilines is 2. The molecule has 0 aliphatic carbocycles. The molecule has 0 saturated carbocycles. The first kappa shape index (κ1) is 25.6. The van der Waals surface area contributed by atoms with Crippen LogP contribution in [-0.2, 0) is 0 Å². The van der Waals surface area contributed by atoms with Crippen molar-refractivity contribution < 1.29 is 14.2 Å². The maximum Gasteiger partial charge on any atom is 0.148 e. The van der Waals surface area contributed by atoms with Crippen molar-refractivity contribution in [3.8, 4) is 5.75 Å². The Morgan fingerprint density at radius 3 is 2.58 bits per heavy atom. The second-order valence-electron chi connectivity index (χ2n) is 10.8.